The Morgan fingerprint density at radius 1 is 1.27 bits per heavy atom. The van der Waals surface area contributed by atoms with E-state index >= 15 is 0 Å². The monoisotopic (exact) mass is 265 g/mol. The first kappa shape index (κ1) is 10.2. The Kier molecular flexibility index (Phi) is 3.06. The molecule has 4 heteroatoms. The maximum atomic E-state index is 4.29. The lowest BCUT2D eigenvalue weighted by Crippen LogP contribution is -2.00. The molecule has 78 valence electrons. The number of aromatic nitrogens is 2. The Bertz CT molecular complexity index is 433. The van der Waals surface area contributed by atoms with Gasteiger partial charge >= 0.3 is 0 Å². The molecule has 0 amide bonds. The molecule has 1 aromatic heterocycles. The second-order valence-corrected chi connectivity index (χ2v) is 4.26. The van der Waals surface area contributed by atoms with Crippen LogP contribution in [-0.2, 0) is 13.6 Å². The number of halogens is 1. The molecular weight excluding hydrogens is 254 g/mol. The van der Waals surface area contributed by atoms with Crippen molar-refractivity contribution in [2.45, 2.75) is 6.54 Å². The van der Waals surface area contributed by atoms with Crippen molar-refractivity contribution in [1.29, 1.82) is 0 Å². The number of nitrogens with zero attached hydrogens (tertiary/aromatic N) is 2. The lowest BCUT2D eigenvalue weighted by atomic mass is 10.3. The first-order valence-corrected chi connectivity index (χ1v) is 5.51. The number of aryl methyl sites for hydroxylation is 1. The minimum absolute atomic E-state index is 0.752. The van der Waals surface area contributed by atoms with Gasteiger partial charge in [-0.25, -0.2) is 0 Å². The molecule has 1 aromatic carbocycles. The van der Waals surface area contributed by atoms with Crippen molar-refractivity contribution in [3.8, 4) is 0 Å². The van der Waals surface area contributed by atoms with E-state index in [2.05, 4.69) is 26.3 Å². The topological polar surface area (TPSA) is 29.9 Å². The molecule has 0 spiro atoms. The Morgan fingerprint density at radius 2 is 2.00 bits per heavy atom. The summed E-state index contributed by atoms with van der Waals surface area (Å²) in [6.45, 7) is 0.752. The summed E-state index contributed by atoms with van der Waals surface area (Å²) in [7, 11) is 1.92. The molecule has 2 aromatic rings. The van der Waals surface area contributed by atoms with Gasteiger partial charge in [-0.3, -0.25) is 4.68 Å². The average molecular weight is 266 g/mol. The third-order valence-corrected chi connectivity index (χ3v) is 2.62. The van der Waals surface area contributed by atoms with E-state index in [0.717, 1.165) is 22.4 Å². The number of hydrogen-bond donors (Lipinski definition) is 1. The van der Waals surface area contributed by atoms with E-state index in [4.69, 9.17) is 0 Å². The normalized spacial score (nSPS) is 10.3. The summed E-state index contributed by atoms with van der Waals surface area (Å²) in [4.78, 5) is 0. The summed E-state index contributed by atoms with van der Waals surface area (Å²) in [5.74, 6) is 0. The van der Waals surface area contributed by atoms with Gasteiger partial charge < -0.3 is 5.32 Å². The van der Waals surface area contributed by atoms with Crippen molar-refractivity contribution in [3.63, 3.8) is 0 Å². The second-order valence-electron chi connectivity index (χ2n) is 3.34. The summed E-state index contributed by atoms with van der Waals surface area (Å²) in [6, 6.07) is 10.1. The van der Waals surface area contributed by atoms with Crippen LogP contribution in [-0.4, -0.2) is 9.78 Å². The van der Waals surface area contributed by atoms with Crippen LogP contribution in [0.1, 0.15) is 5.69 Å². The third kappa shape index (κ3) is 2.83. The number of benzene rings is 1. The Labute approximate surface area is 97.2 Å². The maximum Gasteiger partial charge on any atom is 0.0815 e. The molecule has 2 rings (SSSR count). The number of nitrogens with one attached hydrogen (secondary N) is 1. The van der Waals surface area contributed by atoms with E-state index in [-0.39, 0.29) is 0 Å². The minimum Gasteiger partial charge on any atom is -0.379 e. The smallest absolute Gasteiger partial charge is 0.0815 e. The van der Waals surface area contributed by atoms with Gasteiger partial charge in [-0.1, -0.05) is 15.9 Å². The lowest BCUT2D eigenvalue weighted by molar-refractivity contribution is 0.747. The van der Waals surface area contributed by atoms with Crippen LogP contribution in [0.15, 0.2) is 41.0 Å². The van der Waals surface area contributed by atoms with Crippen molar-refractivity contribution >= 4 is 21.6 Å². The fraction of sp³-hybridized carbons (Fsp3) is 0.182. The van der Waals surface area contributed by atoms with E-state index in [1.165, 1.54) is 0 Å². The maximum absolute atomic E-state index is 4.29. The number of rotatable bonds is 3. The third-order valence-electron chi connectivity index (χ3n) is 2.09. The van der Waals surface area contributed by atoms with Gasteiger partial charge in [-0.2, -0.15) is 5.10 Å². The zero-order chi connectivity index (χ0) is 10.7. The van der Waals surface area contributed by atoms with Gasteiger partial charge in [0.25, 0.3) is 0 Å². The standard InChI is InChI=1S/C11H12BrN3/c1-15-7-6-11(14-15)8-13-10-4-2-9(12)3-5-10/h2-7,13H,8H2,1H3. The fourth-order valence-corrected chi connectivity index (χ4v) is 1.58. The fourth-order valence-electron chi connectivity index (χ4n) is 1.32. The summed E-state index contributed by atoms with van der Waals surface area (Å²) in [5.41, 5.74) is 2.14. The van der Waals surface area contributed by atoms with Crippen LogP contribution in [0.4, 0.5) is 5.69 Å². The second kappa shape index (κ2) is 4.49. The average Bonchev–Trinajstić information content (AvgIpc) is 2.64. The number of hydrogen-bond acceptors (Lipinski definition) is 2. The van der Waals surface area contributed by atoms with Gasteiger partial charge in [0.05, 0.1) is 12.2 Å². The SMILES string of the molecule is Cn1ccc(CNc2ccc(Br)cc2)n1. The summed E-state index contributed by atoms with van der Waals surface area (Å²) in [5, 5.41) is 7.59. The molecule has 0 aliphatic carbocycles. The van der Waals surface area contributed by atoms with Crippen LogP contribution >= 0.6 is 15.9 Å². The summed E-state index contributed by atoms with van der Waals surface area (Å²) in [6.07, 6.45) is 1.94. The zero-order valence-electron chi connectivity index (χ0n) is 8.44. The lowest BCUT2D eigenvalue weighted by Gasteiger charge is -2.03. The van der Waals surface area contributed by atoms with Crippen molar-refractivity contribution in [2.24, 2.45) is 7.05 Å². The molecule has 0 radical (unpaired) electrons. The van der Waals surface area contributed by atoms with Gasteiger partial charge in [-0.15, -0.1) is 0 Å². The predicted molar refractivity (Wildman–Crippen MR) is 64.7 cm³/mol. The van der Waals surface area contributed by atoms with Crippen LogP contribution < -0.4 is 5.32 Å². The molecule has 0 aliphatic rings. The van der Waals surface area contributed by atoms with E-state index < -0.39 is 0 Å². The van der Waals surface area contributed by atoms with Crippen molar-refractivity contribution in [1.82, 2.24) is 9.78 Å². The highest BCUT2D eigenvalue weighted by atomic mass is 79.9. The van der Waals surface area contributed by atoms with E-state index in [0.29, 0.717) is 0 Å². The summed E-state index contributed by atoms with van der Waals surface area (Å²) < 4.78 is 2.89. The highest BCUT2D eigenvalue weighted by molar-refractivity contribution is 9.10. The van der Waals surface area contributed by atoms with Gasteiger partial charge in [0.2, 0.25) is 0 Å². The molecule has 0 unspecified atom stereocenters. The molecular formula is C11H12BrN3. The number of anilines is 1. The van der Waals surface area contributed by atoms with E-state index in [1.807, 2.05) is 43.6 Å². The van der Waals surface area contributed by atoms with Crippen LogP contribution in [0.3, 0.4) is 0 Å². The first-order chi connectivity index (χ1) is 7.24. The molecule has 0 atom stereocenters. The van der Waals surface area contributed by atoms with Crippen molar-refractivity contribution in [3.05, 3.63) is 46.7 Å². The molecule has 1 heterocycles. The van der Waals surface area contributed by atoms with Gasteiger partial charge in [0.1, 0.15) is 0 Å². The van der Waals surface area contributed by atoms with E-state index in [1.54, 1.807) is 4.68 Å². The van der Waals surface area contributed by atoms with Crippen LogP contribution in [0.25, 0.3) is 0 Å². The van der Waals surface area contributed by atoms with Crippen LogP contribution in [0.2, 0.25) is 0 Å². The molecule has 0 bridgehead atoms. The minimum atomic E-state index is 0.752. The van der Waals surface area contributed by atoms with Gasteiger partial charge in [0.15, 0.2) is 0 Å². The molecule has 0 saturated heterocycles. The Hall–Kier alpha value is -1.29. The first-order valence-electron chi connectivity index (χ1n) is 4.72. The quantitative estimate of drug-likeness (QED) is 0.925. The molecule has 1 N–H and O–H groups in total. The predicted octanol–water partition coefficient (Wildman–Crippen LogP) is 2.79. The van der Waals surface area contributed by atoms with Gasteiger partial charge in [-0.05, 0) is 30.3 Å². The molecule has 0 aliphatic heterocycles. The Morgan fingerprint density at radius 3 is 2.60 bits per heavy atom. The summed E-state index contributed by atoms with van der Waals surface area (Å²) >= 11 is 3.40. The van der Waals surface area contributed by atoms with Crippen molar-refractivity contribution in [2.75, 3.05) is 5.32 Å². The molecule has 0 saturated carbocycles. The van der Waals surface area contributed by atoms with Crippen LogP contribution in [0, 0.1) is 0 Å². The van der Waals surface area contributed by atoms with E-state index in [9.17, 15) is 0 Å². The highest BCUT2D eigenvalue weighted by Crippen LogP contribution is 2.14. The highest BCUT2D eigenvalue weighted by Gasteiger charge is 1.96. The van der Waals surface area contributed by atoms with Crippen molar-refractivity contribution < 1.29 is 0 Å². The zero-order valence-corrected chi connectivity index (χ0v) is 10.0. The van der Waals surface area contributed by atoms with Gasteiger partial charge in [0, 0.05) is 23.4 Å². The molecule has 3 nitrogen and oxygen atoms in total. The molecule has 0 fully saturated rings. The molecule has 15 heavy (non-hydrogen) atoms. The Balaban J connectivity index is 1.96. The largest absolute Gasteiger partial charge is 0.379 e. The van der Waals surface area contributed by atoms with Crippen LogP contribution in [0.5, 0.6) is 0 Å².